The van der Waals surface area contributed by atoms with Gasteiger partial charge in [-0.25, -0.2) is 4.39 Å². The lowest BCUT2D eigenvalue weighted by Gasteiger charge is -2.32. The number of hydrogen-bond donors (Lipinski definition) is 1. The fourth-order valence-electron chi connectivity index (χ4n) is 2.16. The summed E-state index contributed by atoms with van der Waals surface area (Å²) < 4.78 is 25.6. The van der Waals surface area contributed by atoms with Crippen LogP contribution in [0.15, 0.2) is 23.7 Å². The van der Waals surface area contributed by atoms with Gasteiger partial charge in [0.2, 0.25) is 0 Å². The molecule has 0 spiro atoms. The van der Waals surface area contributed by atoms with Gasteiger partial charge in [0.05, 0.1) is 16.8 Å². The Hall–Kier alpha value is -1.29. The monoisotopic (exact) mass is 319 g/mol. The van der Waals surface area contributed by atoms with Crippen LogP contribution in [0.2, 0.25) is 0 Å². The minimum absolute atomic E-state index is 0.0123. The van der Waals surface area contributed by atoms with Crippen LogP contribution >= 0.6 is 12.6 Å². The molecule has 1 aliphatic heterocycles. The molecule has 3 nitrogen and oxygen atoms in total. The van der Waals surface area contributed by atoms with E-state index in [1.165, 1.54) is 6.07 Å². The molecule has 0 unspecified atom stereocenters. The second-order valence-electron chi connectivity index (χ2n) is 6.28. The lowest BCUT2D eigenvalue weighted by molar-refractivity contribution is 0.00578. The van der Waals surface area contributed by atoms with Crippen LogP contribution in [0, 0.1) is 17.1 Å². The minimum Gasteiger partial charge on any atom is -0.400 e. The molecule has 1 aromatic rings. The average molecular weight is 319 g/mol. The Bertz CT molecular complexity index is 636. The first-order valence-electron chi connectivity index (χ1n) is 7.07. The lowest BCUT2D eigenvalue weighted by Crippen LogP contribution is -2.41. The Labute approximate surface area is 136 Å². The van der Waals surface area contributed by atoms with Crippen molar-refractivity contribution >= 4 is 25.8 Å². The van der Waals surface area contributed by atoms with Crippen molar-refractivity contribution in [2.45, 2.75) is 38.9 Å². The quantitative estimate of drug-likeness (QED) is 0.683. The van der Waals surface area contributed by atoms with Crippen molar-refractivity contribution in [2.24, 2.45) is 0 Å². The zero-order valence-electron chi connectivity index (χ0n) is 13.2. The number of nitrogens with zero attached hydrogens (tertiary/aromatic N) is 1. The van der Waals surface area contributed by atoms with Gasteiger partial charge < -0.3 is 9.31 Å². The van der Waals surface area contributed by atoms with Gasteiger partial charge in [-0.05, 0) is 44.8 Å². The highest BCUT2D eigenvalue weighted by atomic mass is 32.1. The van der Waals surface area contributed by atoms with Gasteiger partial charge in [0.1, 0.15) is 11.9 Å². The molecule has 116 valence electrons. The summed E-state index contributed by atoms with van der Waals surface area (Å²) in [6.45, 7) is 7.86. The van der Waals surface area contributed by atoms with Crippen LogP contribution in [0.3, 0.4) is 0 Å². The predicted molar refractivity (Wildman–Crippen MR) is 89.0 cm³/mol. The molecule has 6 heteroatoms. The molecule has 0 amide bonds. The highest BCUT2D eigenvalue weighted by molar-refractivity contribution is 7.80. The zero-order valence-corrected chi connectivity index (χ0v) is 14.1. The van der Waals surface area contributed by atoms with Crippen molar-refractivity contribution in [1.82, 2.24) is 0 Å². The number of rotatable bonds is 3. The van der Waals surface area contributed by atoms with Gasteiger partial charge in [-0.3, -0.25) is 0 Å². The summed E-state index contributed by atoms with van der Waals surface area (Å²) in [4.78, 5) is 0. The molecule has 1 aromatic carbocycles. The average Bonchev–Trinajstić information content (AvgIpc) is 2.64. The third-order valence-electron chi connectivity index (χ3n) is 4.24. The van der Waals surface area contributed by atoms with E-state index >= 15 is 0 Å². The SMILES string of the molecule is CC1(C)OB(C(=Cc2cccc(F)c2C#N)CS)OC1(C)C. The van der Waals surface area contributed by atoms with Crippen LogP contribution < -0.4 is 0 Å². The van der Waals surface area contributed by atoms with Gasteiger partial charge in [-0.15, -0.1) is 0 Å². The van der Waals surface area contributed by atoms with E-state index in [1.807, 2.05) is 33.8 Å². The first-order valence-corrected chi connectivity index (χ1v) is 7.70. The van der Waals surface area contributed by atoms with Crippen LogP contribution in [0.25, 0.3) is 6.08 Å². The van der Waals surface area contributed by atoms with Crippen molar-refractivity contribution in [2.75, 3.05) is 5.75 Å². The Kier molecular flexibility index (Phi) is 4.71. The molecule has 0 radical (unpaired) electrons. The maximum Gasteiger partial charge on any atom is 0.491 e. The molecule has 0 atom stereocenters. The van der Waals surface area contributed by atoms with Gasteiger partial charge in [-0.1, -0.05) is 18.2 Å². The van der Waals surface area contributed by atoms with Crippen molar-refractivity contribution in [3.05, 3.63) is 40.6 Å². The molecule has 2 rings (SSSR count). The molecule has 0 aliphatic carbocycles. The second kappa shape index (κ2) is 6.07. The fourth-order valence-corrected chi connectivity index (χ4v) is 2.40. The molecule has 1 saturated heterocycles. The van der Waals surface area contributed by atoms with E-state index in [0.29, 0.717) is 11.3 Å². The van der Waals surface area contributed by atoms with E-state index in [2.05, 4.69) is 12.6 Å². The van der Waals surface area contributed by atoms with E-state index < -0.39 is 24.1 Å². The molecule has 1 fully saturated rings. The largest absolute Gasteiger partial charge is 0.491 e. The molecule has 0 N–H and O–H groups in total. The molecule has 0 aromatic heterocycles. The van der Waals surface area contributed by atoms with Crippen molar-refractivity contribution in [3.8, 4) is 6.07 Å². The third kappa shape index (κ3) is 3.07. The predicted octanol–water partition coefficient (Wildman–Crippen LogP) is 3.64. The summed E-state index contributed by atoms with van der Waals surface area (Å²) >= 11 is 4.32. The van der Waals surface area contributed by atoms with Crippen LogP contribution in [0.4, 0.5) is 4.39 Å². The van der Waals surface area contributed by atoms with Crippen LogP contribution in [-0.4, -0.2) is 24.1 Å². The van der Waals surface area contributed by atoms with Crippen LogP contribution in [0.1, 0.15) is 38.8 Å². The maximum atomic E-state index is 13.7. The number of thiol groups is 1. The Morgan fingerprint density at radius 2 is 1.91 bits per heavy atom. The Morgan fingerprint density at radius 1 is 1.32 bits per heavy atom. The van der Waals surface area contributed by atoms with E-state index in [4.69, 9.17) is 14.6 Å². The third-order valence-corrected chi connectivity index (χ3v) is 4.60. The first-order chi connectivity index (χ1) is 10.2. The van der Waals surface area contributed by atoms with E-state index in [0.717, 1.165) is 5.47 Å². The van der Waals surface area contributed by atoms with Crippen molar-refractivity contribution < 1.29 is 13.7 Å². The molecule has 1 heterocycles. The van der Waals surface area contributed by atoms with E-state index in [1.54, 1.807) is 18.2 Å². The highest BCUT2D eigenvalue weighted by Crippen LogP contribution is 2.39. The van der Waals surface area contributed by atoms with Crippen molar-refractivity contribution in [1.29, 1.82) is 5.26 Å². The summed E-state index contributed by atoms with van der Waals surface area (Å²) in [5, 5.41) is 9.12. The summed E-state index contributed by atoms with van der Waals surface area (Å²) in [6.07, 6.45) is 1.72. The maximum absolute atomic E-state index is 13.7. The molecular weight excluding hydrogens is 300 g/mol. The number of benzene rings is 1. The molecule has 0 saturated carbocycles. The van der Waals surface area contributed by atoms with E-state index in [9.17, 15) is 4.39 Å². The highest BCUT2D eigenvalue weighted by Gasteiger charge is 2.52. The van der Waals surface area contributed by atoms with Gasteiger partial charge in [0, 0.05) is 5.75 Å². The summed E-state index contributed by atoms with van der Waals surface area (Å²) in [7, 11) is -0.558. The number of halogens is 1. The van der Waals surface area contributed by atoms with E-state index in [-0.39, 0.29) is 5.56 Å². The van der Waals surface area contributed by atoms with Gasteiger partial charge in [0.25, 0.3) is 0 Å². The fraction of sp³-hybridized carbons (Fsp3) is 0.438. The molecule has 1 aliphatic rings. The number of hydrogen-bond acceptors (Lipinski definition) is 4. The van der Waals surface area contributed by atoms with Crippen LogP contribution in [-0.2, 0) is 9.31 Å². The molecular formula is C16H19BFNO2S. The Balaban J connectivity index is 2.39. The number of nitriles is 1. The van der Waals surface area contributed by atoms with Gasteiger partial charge in [0.15, 0.2) is 0 Å². The van der Waals surface area contributed by atoms with Crippen LogP contribution in [0.5, 0.6) is 0 Å². The Morgan fingerprint density at radius 3 is 2.41 bits per heavy atom. The topological polar surface area (TPSA) is 42.2 Å². The smallest absolute Gasteiger partial charge is 0.400 e. The first kappa shape index (κ1) is 17.1. The van der Waals surface area contributed by atoms with Crippen molar-refractivity contribution in [3.63, 3.8) is 0 Å². The van der Waals surface area contributed by atoms with Gasteiger partial charge in [-0.2, -0.15) is 17.9 Å². The molecule has 0 bridgehead atoms. The molecule has 22 heavy (non-hydrogen) atoms. The van der Waals surface area contributed by atoms with Gasteiger partial charge >= 0.3 is 7.12 Å². The second-order valence-corrected chi connectivity index (χ2v) is 6.60. The summed E-state index contributed by atoms with van der Waals surface area (Å²) in [5.41, 5.74) is 0.350. The normalized spacial score (nSPS) is 20.0. The summed E-state index contributed by atoms with van der Waals surface area (Å²) in [5.74, 6) is -0.151. The lowest BCUT2D eigenvalue weighted by atomic mass is 9.78. The zero-order chi connectivity index (χ0) is 16.5. The minimum atomic E-state index is -0.558. The summed E-state index contributed by atoms with van der Waals surface area (Å²) in [6, 6.07) is 6.42. The standard InChI is InChI=1S/C16H19BFNO2S/c1-15(2)16(3,4)21-17(20-15)12(10-22)8-11-6-5-7-14(18)13(11)9-19/h5-8,22H,10H2,1-4H3.